The first-order chi connectivity index (χ1) is 10.3. The highest BCUT2D eigenvalue weighted by Gasteiger charge is 2.24. The Kier molecular flexibility index (Phi) is 4.32. The quantitative estimate of drug-likeness (QED) is 0.915. The lowest BCUT2D eigenvalue weighted by molar-refractivity contribution is 0.246. The summed E-state index contributed by atoms with van der Waals surface area (Å²) in [6.45, 7) is 1.95. The van der Waals surface area contributed by atoms with Crippen LogP contribution in [0.1, 0.15) is 17.0 Å². The Morgan fingerprint density at radius 2 is 2.10 bits per heavy atom. The molecule has 110 valence electrons. The lowest BCUT2D eigenvalue weighted by Crippen LogP contribution is -2.14. The zero-order chi connectivity index (χ0) is 14.7. The number of nitrogens with one attached hydrogen (secondary N) is 1. The lowest BCUT2D eigenvalue weighted by Gasteiger charge is -2.15. The highest BCUT2D eigenvalue weighted by molar-refractivity contribution is 6.31. The van der Waals surface area contributed by atoms with Gasteiger partial charge >= 0.3 is 0 Å². The molecule has 0 aliphatic carbocycles. The average molecular weight is 304 g/mol. The van der Waals surface area contributed by atoms with E-state index in [1.165, 1.54) is 5.56 Å². The molecule has 3 rings (SSSR count). The molecule has 0 bridgehead atoms. The van der Waals surface area contributed by atoms with Gasteiger partial charge in [0.15, 0.2) is 0 Å². The van der Waals surface area contributed by atoms with Crippen LogP contribution in [0.25, 0.3) is 0 Å². The number of ether oxygens (including phenoxy) is 2. The fourth-order valence-electron chi connectivity index (χ4n) is 2.58. The second kappa shape index (κ2) is 6.37. The highest BCUT2D eigenvalue weighted by Crippen LogP contribution is 2.34. The van der Waals surface area contributed by atoms with E-state index in [2.05, 4.69) is 11.4 Å². The number of benzene rings is 2. The highest BCUT2D eigenvalue weighted by atomic mass is 35.5. The fourth-order valence-corrected chi connectivity index (χ4v) is 2.81. The predicted molar refractivity (Wildman–Crippen MR) is 84.4 cm³/mol. The molecule has 1 N–H and O–H groups in total. The van der Waals surface area contributed by atoms with E-state index in [9.17, 15) is 0 Å². The third-order valence-corrected chi connectivity index (χ3v) is 4.02. The van der Waals surface area contributed by atoms with Gasteiger partial charge in [-0.05, 0) is 25.2 Å². The third kappa shape index (κ3) is 2.99. The molecule has 0 amide bonds. The van der Waals surface area contributed by atoms with Crippen molar-refractivity contribution < 1.29 is 9.47 Å². The first-order valence-electron chi connectivity index (χ1n) is 7.06. The molecule has 3 nitrogen and oxygen atoms in total. The van der Waals surface area contributed by atoms with Gasteiger partial charge in [-0.25, -0.2) is 0 Å². The minimum Gasteiger partial charge on any atom is -0.493 e. The molecular formula is C17H18ClNO2. The molecule has 1 heterocycles. The topological polar surface area (TPSA) is 30.5 Å². The first-order valence-corrected chi connectivity index (χ1v) is 7.44. The Morgan fingerprint density at radius 1 is 1.24 bits per heavy atom. The van der Waals surface area contributed by atoms with Crippen LogP contribution in [-0.4, -0.2) is 20.3 Å². The Hall–Kier alpha value is -1.71. The number of hydrogen-bond acceptors (Lipinski definition) is 3. The first kappa shape index (κ1) is 14.2. The third-order valence-electron chi connectivity index (χ3n) is 3.67. The molecule has 2 aromatic carbocycles. The molecule has 1 unspecified atom stereocenters. The van der Waals surface area contributed by atoms with Crippen molar-refractivity contribution in [2.24, 2.45) is 0 Å². The van der Waals surface area contributed by atoms with Crippen molar-refractivity contribution in [1.82, 2.24) is 5.32 Å². The van der Waals surface area contributed by atoms with E-state index >= 15 is 0 Å². The van der Waals surface area contributed by atoms with E-state index in [1.54, 1.807) is 0 Å². The number of halogens is 1. The van der Waals surface area contributed by atoms with Gasteiger partial charge in [0.05, 0.1) is 19.1 Å². The van der Waals surface area contributed by atoms with E-state index in [4.69, 9.17) is 21.1 Å². The van der Waals surface area contributed by atoms with E-state index in [-0.39, 0.29) is 5.92 Å². The SMILES string of the molecule is CNCc1c(Cl)cccc1OCC1COc2ccccc21. The van der Waals surface area contributed by atoms with Crippen molar-refractivity contribution in [3.63, 3.8) is 0 Å². The van der Waals surface area contributed by atoms with Crippen molar-refractivity contribution in [2.45, 2.75) is 12.5 Å². The zero-order valence-corrected chi connectivity index (χ0v) is 12.7. The minimum atomic E-state index is 0.266. The molecule has 2 aromatic rings. The zero-order valence-electron chi connectivity index (χ0n) is 11.9. The molecule has 0 spiro atoms. The van der Waals surface area contributed by atoms with Crippen LogP contribution < -0.4 is 14.8 Å². The van der Waals surface area contributed by atoms with Gasteiger partial charge in [0.25, 0.3) is 0 Å². The van der Waals surface area contributed by atoms with E-state index in [0.29, 0.717) is 19.8 Å². The van der Waals surface area contributed by atoms with Crippen LogP contribution in [0.4, 0.5) is 0 Å². The van der Waals surface area contributed by atoms with Crippen LogP contribution in [0.2, 0.25) is 5.02 Å². The van der Waals surface area contributed by atoms with Crippen LogP contribution in [0, 0.1) is 0 Å². The summed E-state index contributed by atoms with van der Waals surface area (Å²) in [5.41, 5.74) is 2.21. The summed E-state index contributed by atoms with van der Waals surface area (Å²) in [7, 11) is 1.90. The Labute approximate surface area is 129 Å². The molecule has 0 radical (unpaired) electrons. The summed E-state index contributed by atoms with van der Waals surface area (Å²) in [6, 6.07) is 13.9. The van der Waals surface area contributed by atoms with Gasteiger partial charge in [-0.3, -0.25) is 0 Å². The molecule has 21 heavy (non-hydrogen) atoms. The summed E-state index contributed by atoms with van der Waals surface area (Å²) in [5.74, 6) is 2.07. The number of rotatable bonds is 5. The summed E-state index contributed by atoms with van der Waals surface area (Å²) >= 11 is 6.24. The van der Waals surface area contributed by atoms with Crippen molar-refractivity contribution in [3.05, 3.63) is 58.6 Å². The van der Waals surface area contributed by atoms with Gasteiger partial charge in [0, 0.05) is 22.7 Å². The molecule has 1 atom stereocenters. The second-order valence-corrected chi connectivity index (χ2v) is 5.51. The minimum absolute atomic E-state index is 0.266. The van der Waals surface area contributed by atoms with Crippen molar-refractivity contribution in [3.8, 4) is 11.5 Å². The van der Waals surface area contributed by atoms with E-state index < -0.39 is 0 Å². The number of hydrogen-bond donors (Lipinski definition) is 1. The molecule has 1 aliphatic heterocycles. The van der Waals surface area contributed by atoms with E-state index in [1.807, 2.05) is 43.4 Å². The fraction of sp³-hybridized carbons (Fsp3) is 0.294. The van der Waals surface area contributed by atoms with Gasteiger partial charge in [0.2, 0.25) is 0 Å². The van der Waals surface area contributed by atoms with Gasteiger partial charge in [-0.1, -0.05) is 35.9 Å². The van der Waals surface area contributed by atoms with Gasteiger partial charge in [-0.15, -0.1) is 0 Å². The molecule has 1 aliphatic rings. The van der Waals surface area contributed by atoms with Crippen molar-refractivity contribution >= 4 is 11.6 Å². The smallest absolute Gasteiger partial charge is 0.125 e. The van der Waals surface area contributed by atoms with Crippen LogP contribution >= 0.6 is 11.6 Å². The number of para-hydroxylation sites is 1. The monoisotopic (exact) mass is 303 g/mol. The van der Waals surface area contributed by atoms with Crippen molar-refractivity contribution in [1.29, 1.82) is 0 Å². The molecule has 0 fully saturated rings. The predicted octanol–water partition coefficient (Wildman–Crippen LogP) is 3.61. The summed E-state index contributed by atoms with van der Waals surface area (Å²) in [5, 5.41) is 3.85. The maximum absolute atomic E-state index is 6.24. The Morgan fingerprint density at radius 3 is 2.95 bits per heavy atom. The normalized spacial score (nSPS) is 16.4. The largest absolute Gasteiger partial charge is 0.493 e. The van der Waals surface area contributed by atoms with Crippen LogP contribution in [-0.2, 0) is 6.54 Å². The Bertz CT molecular complexity index is 630. The summed E-state index contributed by atoms with van der Waals surface area (Å²) in [6.07, 6.45) is 0. The molecule has 0 saturated heterocycles. The second-order valence-electron chi connectivity index (χ2n) is 5.10. The van der Waals surface area contributed by atoms with Gasteiger partial charge in [-0.2, -0.15) is 0 Å². The van der Waals surface area contributed by atoms with Crippen LogP contribution in [0.3, 0.4) is 0 Å². The lowest BCUT2D eigenvalue weighted by atomic mass is 10.0. The van der Waals surface area contributed by atoms with Crippen LogP contribution in [0.5, 0.6) is 11.5 Å². The van der Waals surface area contributed by atoms with E-state index in [0.717, 1.165) is 22.1 Å². The molecule has 4 heteroatoms. The summed E-state index contributed by atoms with van der Waals surface area (Å²) < 4.78 is 11.7. The summed E-state index contributed by atoms with van der Waals surface area (Å²) in [4.78, 5) is 0. The van der Waals surface area contributed by atoms with Gasteiger partial charge < -0.3 is 14.8 Å². The average Bonchev–Trinajstić information content (AvgIpc) is 2.91. The standard InChI is InChI=1S/C17H18ClNO2/c1-19-9-14-15(18)6-4-8-17(14)21-11-12-10-20-16-7-3-2-5-13(12)16/h2-8,12,19H,9-11H2,1H3. The van der Waals surface area contributed by atoms with Gasteiger partial charge in [0.1, 0.15) is 11.5 Å². The number of fused-ring (bicyclic) bond motifs is 1. The van der Waals surface area contributed by atoms with Crippen molar-refractivity contribution in [2.75, 3.05) is 20.3 Å². The maximum Gasteiger partial charge on any atom is 0.125 e. The van der Waals surface area contributed by atoms with Crippen LogP contribution in [0.15, 0.2) is 42.5 Å². The molecule has 0 saturated carbocycles. The Balaban J connectivity index is 1.73. The molecular weight excluding hydrogens is 286 g/mol. The molecule has 0 aromatic heterocycles. The maximum atomic E-state index is 6.24.